The fourth-order valence-corrected chi connectivity index (χ4v) is 3.82. The average Bonchev–Trinajstić information content (AvgIpc) is 2.35. The van der Waals surface area contributed by atoms with Crippen molar-refractivity contribution in [2.45, 2.75) is 38.5 Å². The Morgan fingerprint density at radius 2 is 1.76 bits per heavy atom. The predicted molar refractivity (Wildman–Crippen MR) is 79.5 cm³/mol. The topological polar surface area (TPSA) is 0 Å². The van der Waals surface area contributed by atoms with Gasteiger partial charge in [-0.1, -0.05) is 64.5 Å². The first kappa shape index (κ1) is 13.7. The van der Waals surface area contributed by atoms with E-state index in [0.29, 0.717) is 15.5 Å². The fraction of sp³-hybridized carbons (Fsp3) is 0.571. The van der Waals surface area contributed by atoms with E-state index in [4.69, 9.17) is 23.2 Å². The number of benzene rings is 1. The molecule has 0 unspecified atom stereocenters. The van der Waals surface area contributed by atoms with Crippen molar-refractivity contribution in [3.05, 3.63) is 33.8 Å². The lowest BCUT2D eigenvalue weighted by Gasteiger charge is -2.36. The zero-order chi connectivity index (χ0) is 12.3. The number of halogens is 3. The average molecular weight is 336 g/mol. The first-order chi connectivity index (χ1) is 8.15. The Morgan fingerprint density at radius 3 is 2.35 bits per heavy atom. The number of alkyl halides is 1. The van der Waals surface area contributed by atoms with Crippen molar-refractivity contribution in [1.82, 2.24) is 0 Å². The number of rotatable bonds is 3. The van der Waals surface area contributed by atoms with E-state index in [9.17, 15) is 0 Å². The zero-order valence-electron chi connectivity index (χ0n) is 9.82. The monoisotopic (exact) mass is 334 g/mol. The van der Waals surface area contributed by atoms with E-state index in [1.165, 1.54) is 37.7 Å². The molecule has 1 fully saturated rings. The highest BCUT2D eigenvalue weighted by Crippen LogP contribution is 2.41. The first-order valence-electron chi connectivity index (χ1n) is 6.15. The number of hydrogen-bond donors (Lipinski definition) is 0. The van der Waals surface area contributed by atoms with E-state index in [1.807, 2.05) is 12.1 Å². The molecule has 0 N–H and O–H groups in total. The Kier molecular flexibility index (Phi) is 4.80. The molecule has 0 amide bonds. The Morgan fingerprint density at radius 1 is 1.06 bits per heavy atom. The van der Waals surface area contributed by atoms with Crippen LogP contribution in [0.15, 0.2) is 18.2 Å². The van der Waals surface area contributed by atoms with Gasteiger partial charge < -0.3 is 0 Å². The van der Waals surface area contributed by atoms with E-state index in [-0.39, 0.29) is 0 Å². The maximum absolute atomic E-state index is 6.08. The third-order valence-electron chi connectivity index (χ3n) is 3.76. The Labute approximate surface area is 122 Å². The minimum Gasteiger partial charge on any atom is -0.0922 e. The summed E-state index contributed by atoms with van der Waals surface area (Å²) in [5, 5.41) is 2.40. The summed E-state index contributed by atoms with van der Waals surface area (Å²) >= 11 is 15.7. The molecule has 1 aromatic rings. The van der Waals surface area contributed by atoms with Crippen LogP contribution in [0.2, 0.25) is 10.0 Å². The van der Waals surface area contributed by atoms with Crippen LogP contribution in [0.4, 0.5) is 0 Å². The molecule has 3 heteroatoms. The Balaban J connectivity index is 2.14. The van der Waals surface area contributed by atoms with E-state index in [1.54, 1.807) is 0 Å². The molecule has 0 heterocycles. The third kappa shape index (κ3) is 3.39. The minimum atomic E-state index is 0.426. The van der Waals surface area contributed by atoms with Gasteiger partial charge in [0.2, 0.25) is 0 Å². The quantitative estimate of drug-likeness (QED) is 0.605. The van der Waals surface area contributed by atoms with Crippen LogP contribution in [0.1, 0.15) is 37.7 Å². The van der Waals surface area contributed by atoms with Crippen LogP contribution >= 0.6 is 39.1 Å². The molecular formula is C14H17BrCl2. The van der Waals surface area contributed by atoms with Crippen molar-refractivity contribution in [3.63, 3.8) is 0 Å². The Bertz CT molecular complexity index is 384. The Hall–Kier alpha value is 0.280. The molecule has 2 rings (SSSR count). The van der Waals surface area contributed by atoms with Crippen LogP contribution < -0.4 is 0 Å². The van der Waals surface area contributed by atoms with Gasteiger partial charge in [0.05, 0.1) is 10.0 Å². The molecule has 1 aromatic carbocycles. The largest absolute Gasteiger partial charge is 0.0922 e. The summed E-state index contributed by atoms with van der Waals surface area (Å²) in [6.45, 7) is 0. The van der Waals surface area contributed by atoms with Crippen LogP contribution in [-0.4, -0.2) is 5.33 Å². The number of hydrogen-bond acceptors (Lipinski definition) is 0. The summed E-state index contributed by atoms with van der Waals surface area (Å²) in [6.07, 6.45) is 7.84. The molecule has 0 radical (unpaired) electrons. The van der Waals surface area contributed by atoms with Crippen molar-refractivity contribution in [2.24, 2.45) is 5.41 Å². The molecule has 0 aromatic heterocycles. The van der Waals surface area contributed by atoms with Crippen LogP contribution in [0.5, 0.6) is 0 Å². The lowest BCUT2D eigenvalue weighted by Crippen LogP contribution is -2.28. The minimum absolute atomic E-state index is 0.426. The van der Waals surface area contributed by atoms with E-state index < -0.39 is 0 Å². The van der Waals surface area contributed by atoms with Crippen LogP contribution in [0.25, 0.3) is 0 Å². The molecule has 0 aliphatic heterocycles. The second-order valence-corrected chi connectivity index (χ2v) is 6.49. The summed E-state index contributed by atoms with van der Waals surface area (Å²) in [6, 6.07) is 6.03. The van der Waals surface area contributed by atoms with Gasteiger partial charge in [0.15, 0.2) is 0 Å². The normalized spacial score (nSPS) is 19.2. The molecule has 17 heavy (non-hydrogen) atoms. The molecule has 0 spiro atoms. The van der Waals surface area contributed by atoms with Crippen molar-refractivity contribution in [1.29, 1.82) is 0 Å². The van der Waals surface area contributed by atoms with Gasteiger partial charge in [0.1, 0.15) is 0 Å². The summed E-state index contributed by atoms with van der Waals surface area (Å²) in [5.41, 5.74) is 1.73. The van der Waals surface area contributed by atoms with Gasteiger partial charge in [-0.25, -0.2) is 0 Å². The lowest BCUT2D eigenvalue weighted by atomic mass is 9.72. The molecule has 1 aliphatic rings. The molecule has 1 saturated carbocycles. The van der Waals surface area contributed by atoms with Gasteiger partial charge in [-0.3, -0.25) is 0 Å². The van der Waals surface area contributed by atoms with Crippen LogP contribution in [-0.2, 0) is 6.42 Å². The summed E-state index contributed by atoms with van der Waals surface area (Å²) < 4.78 is 0. The maximum atomic E-state index is 6.08. The van der Waals surface area contributed by atoms with E-state index in [2.05, 4.69) is 22.0 Å². The molecule has 1 aliphatic carbocycles. The standard InChI is InChI=1S/C14H17BrCl2/c15-10-14(6-2-1-3-7-14)9-11-4-5-12(16)13(17)8-11/h4-5,8H,1-3,6-7,9-10H2. The second-order valence-electron chi connectivity index (χ2n) is 5.12. The van der Waals surface area contributed by atoms with E-state index in [0.717, 1.165) is 11.8 Å². The van der Waals surface area contributed by atoms with Crippen molar-refractivity contribution in [3.8, 4) is 0 Å². The molecule has 0 atom stereocenters. The van der Waals surface area contributed by atoms with Crippen molar-refractivity contribution >= 4 is 39.1 Å². The first-order valence-corrected chi connectivity index (χ1v) is 8.03. The third-order valence-corrected chi connectivity index (χ3v) is 5.69. The van der Waals surface area contributed by atoms with Gasteiger partial charge >= 0.3 is 0 Å². The van der Waals surface area contributed by atoms with Gasteiger partial charge in [0.25, 0.3) is 0 Å². The molecule has 0 saturated heterocycles. The fourth-order valence-electron chi connectivity index (χ4n) is 2.74. The zero-order valence-corrected chi connectivity index (χ0v) is 12.9. The van der Waals surface area contributed by atoms with Crippen molar-refractivity contribution in [2.75, 3.05) is 5.33 Å². The highest BCUT2D eigenvalue weighted by Gasteiger charge is 2.31. The molecule has 0 nitrogen and oxygen atoms in total. The smallest absolute Gasteiger partial charge is 0.0595 e. The highest BCUT2D eigenvalue weighted by molar-refractivity contribution is 9.09. The summed E-state index contributed by atoms with van der Waals surface area (Å²) in [7, 11) is 0. The van der Waals surface area contributed by atoms with Crippen LogP contribution in [0, 0.1) is 5.41 Å². The molecular weight excluding hydrogens is 319 g/mol. The van der Waals surface area contributed by atoms with Gasteiger partial charge in [0, 0.05) is 5.33 Å². The molecule has 0 bridgehead atoms. The maximum Gasteiger partial charge on any atom is 0.0595 e. The van der Waals surface area contributed by atoms with Gasteiger partial charge in [-0.15, -0.1) is 0 Å². The van der Waals surface area contributed by atoms with Crippen LogP contribution in [0.3, 0.4) is 0 Å². The van der Waals surface area contributed by atoms with Crippen molar-refractivity contribution < 1.29 is 0 Å². The lowest BCUT2D eigenvalue weighted by molar-refractivity contribution is 0.223. The SMILES string of the molecule is Clc1ccc(CC2(CBr)CCCCC2)cc1Cl. The second kappa shape index (κ2) is 5.95. The van der Waals surface area contributed by atoms with E-state index >= 15 is 0 Å². The summed E-state index contributed by atoms with van der Waals surface area (Å²) in [4.78, 5) is 0. The molecule has 94 valence electrons. The highest BCUT2D eigenvalue weighted by atomic mass is 79.9. The van der Waals surface area contributed by atoms with Gasteiger partial charge in [-0.05, 0) is 42.4 Å². The van der Waals surface area contributed by atoms with Gasteiger partial charge in [-0.2, -0.15) is 0 Å². The predicted octanol–water partition coefficient (Wildman–Crippen LogP) is 5.88. The summed E-state index contributed by atoms with van der Waals surface area (Å²) in [5.74, 6) is 0.